The standard InChI is InChI=1S/C11H13F3N4OS/c1-2-17-9(19)8-7(16)6(5-15)10(20-8)18-4-3-11(12,13)14/h18H,2-4,16H2,1H3,(H,17,19). The van der Waals surface area contributed by atoms with E-state index in [1.54, 1.807) is 13.0 Å². The number of amides is 1. The number of hydrogen-bond acceptors (Lipinski definition) is 5. The number of hydrogen-bond donors (Lipinski definition) is 3. The highest BCUT2D eigenvalue weighted by Crippen LogP contribution is 2.35. The first-order valence-corrected chi connectivity index (χ1v) is 6.53. The zero-order valence-electron chi connectivity index (χ0n) is 10.6. The van der Waals surface area contributed by atoms with Crippen LogP contribution in [0.25, 0.3) is 0 Å². The Hall–Kier alpha value is -1.95. The second kappa shape index (κ2) is 6.47. The molecule has 1 rings (SSSR count). The number of alkyl halides is 3. The van der Waals surface area contributed by atoms with Gasteiger partial charge in [0.15, 0.2) is 0 Å². The minimum absolute atomic E-state index is 0.00146. The minimum Gasteiger partial charge on any atom is -0.396 e. The summed E-state index contributed by atoms with van der Waals surface area (Å²) < 4.78 is 36.2. The molecule has 1 heterocycles. The van der Waals surface area contributed by atoms with Crippen molar-refractivity contribution in [3.05, 3.63) is 10.4 Å². The van der Waals surface area contributed by atoms with Crippen molar-refractivity contribution in [2.75, 3.05) is 24.1 Å². The van der Waals surface area contributed by atoms with Gasteiger partial charge in [0.2, 0.25) is 0 Å². The van der Waals surface area contributed by atoms with Crippen molar-refractivity contribution in [2.45, 2.75) is 19.5 Å². The highest BCUT2D eigenvalue weighted by Gasteiger charge is 2.27. The quantitative estimate of drug-likeness (QED) is 0.778. The summed E-state index contributed by atoms with van der Waals surface area (Å²) in [5.74, 6) is -0.449. The van der Waals surface area contributed by atoms with E-state index >= 15 is 0 Å². The van der Waals surface area contributed by atoms with Gasteiger partial charge in [-0.2, -0.15) is 18.4 Å². The molecule has 0 radical (unpaired) electrons. The molecule has 0 aliphatic heterocycles. The van der Waals surface area contributed by atoms with Crippen LogP contribution in [0.5, 0.6) is 0 Å². The molecule has 1 aromatic heterocycles. The molecule has 0 aliphatic carbocycles. The second-order valence-electron chi connectivity index (χ2n) is 3.81. The monoisotopic (exact) mass is 306 g/mol. The van der Waals surface area contributed by atoms with Crippen molar-refractivity contribution >= 4 is 27.9 Å². The van der Waals surface area contributed by atoms with Crippen LogP contribution in [0.4, 0.5) is 23.9 Å². The third kappa shape index (κ3) is 4.03. The van der Waals surface area contributed by atoms with Crippen molar-refractivity contribution in [1.82, 2.24) is 5.32 Å². The lowest BCUT2D eigenvalue weighted by Gasteiger charge is -2.07. The number of carbonyl (C=O) groups is 1. The molecule has 20 heavy (non-hydrogen) atoms. The van der Waals surface area contributed by atoms with Crippen LogP contribution in [0.3, 0.4) is 0 Å². The average Bonchev–Trinajstić information content (AvgIpc) is 2.64. The molecule has 0 saturated carbocycles. The molecule has 0 saturated heterocycles. The first-order chi connectivity index (χ1) is 9.30. The maximum atomic E-state index is 12.1. The van der Waals surface area contributed by atoms with Crippen LogP contribution < -0.4 is 16.4 Å². The number of nitrogens with zero attached hydrogens (tertiary/aromatic N) is 1. The van der Waals surface area contributed by atoms with Gasteiger partial charge in [0.05, 0.1) is 12.1 Å². The van der Waals surface area contributed by atoms with Gasteiger partial charge >= 0.3 is 6.18 Å². The molecule has 0 atom stereocenters. The number of nitriles is 1. The fourth-order valence-corrected chi connectivity index (χ4v) is 2.42. The van der Waals surface area contributed by atoms with E-state index in [1.807, 2.05) is 0 Å². The maximum Gasteiger partial charge on any atom is 0.390 e. The summed E-state index contributed by atoms with van der Waals surface area (Å²) in [6.07, 6.45) is -5.32. The number of nitrogens with two attached hydrogens (primary N) is 1. The van der Waals surface area contributed by atoms with Crippen LogP contribution in [0.1, 0.15) is 28.6 Å². The third-order valence-electron chi connectivity index (χ3n) is 2.29. The van der Waals surface area contributed by atoms with E-state index in [-0.39, 0.29) is 27.7 Å². The van der Waals surface area contributed by atoms with Crippen LogP contribution >= 0.6 is 11.3 Å². The van der Waals surface area contributed by atoms with Crippen molar-refractivity contribution in [1.29, 1.82) is 5.26 Å². The largest absolute Gasteiger partial charge is 0.396 e. The van der Waals surface area contributed by atoms with E-state index in [9.17, 15) is 18.0 Å². The van der Waals surface area contributed by atoms with Gasteiger partial charge in [-0.3, -0.25) is 4.79 Å². The lowest BCUT2D eigenvalue weighted by molar-refractivity contribution is -0.131. The predicted molar refractivity (Wildman–Crippen MR) is 70.6 cm³/mol. The topological polar surface area (TPSA) is 90.9 Å². The minimum atomic E-state index is -4.29. The Bertz CT molecular complexity index is 533. The molecule has 9 heteroatoms. The zero-order valence-corrected chi connectivity index (χ0v) is 11.4. The summed E-state index contributed by atoms with van der Waals surface area (Å²) in [4.78, 5) is 11.8. The normalized spacial score (nSPS) is 10.9. The van der Waals surface area contributed by atoms with Crippen molar-refractivity contribution < 1.29 is 18.0 Å². The molecule has 0 spiro atoms. The Balaban J connectivity index is 2.89. The Morgan fingerprint density at radius 2 is 2.15 bits per heavy atom. The van der Waals surface area contributed by atoms with Gasteiger partial charge in [-0.15, -0.1) is 11.3 Å². The fourth-order valence-electron chi connectivity index (χ4n) is 1.41. The Morgan fingerprint density at radius 1 is 1.50 bits per heavy atom. The molecule has 5 nitrogen and oxygen atoms in total. The summed E-state index contributed by atoms with van der Waals surface area (Å²) in [7, 11) is 0. The van der Waals surface area contributed by atoms with Gasteiger partial charge in [0.25, 0.3) is 5.91 Å². The summed E-state index contributed by atoms with van der Waals surface area (Å²) in [6, 6.07) is 1.79. The average molecular weight is 306 g/mol. The summed E-state index contributed by atoms with van der Waals surface area (Å²) >= 11 is 0.871. The molecule has 0 unspecified atom stereocenters. The molecule has 0 aromatic carbocycles. The van der Waals surface area contributed by atoms with Crippen molar-refractivity contribution in [3.8, 4) is 6.07 Å². The zero-order chi connectivity index (χ0) is 15.3. The summed E-state index contributed by atoms with van der Waals surface area (Å²) in [5, 5.41) is 14.2. The number of nitrogen functional groups attached to an aromatic ring is 1. The highest BCUT2D eigenvalue weighted by molar-refractivity contribution is 7.18. The number of anilines is 2. The van der Waals surface area contributed by atoms with E-state index in [1.165, 1.54) is 0 Å². The number of thiophene rings is 1. The van der Waals surface area contributed by atoms with E-state index in [4.69, 9.17) is 11.0 Å². The van der Waals surface area contributed by atoms with E-state index in [0.717, 1.165) is 11.3 Å². The first-order valence-electron chi connectivity index (χ1n) is 5.71. The second-order valence-corrected chi connectivity index (χ2v) is 4.83. The smallest absolute Gasteiger partial charge is 0.390 e. The van der Waals surface area contributed by atoms with Crippen LogP contribution in [-0.4, -0.2) is 25.2 Å². The fraction of sp³-hybridized carbons (Fsp3) is 0.455. The molecule has 0 fully saturated rings. The maximum absolute atomic E-state index is 12.1. The lowest BCUT2D eigenvalue weighted by Crippen LogP contribution is -2.22. The molecule has 0 bridgehead atoms. The molecular formula is C11H13F3N4OS. The molecule has 0 aliphatic rings. The van der Waals surface area contributed by atoms with Gasteiger partial charge in [0, 0.05) is 13.1 Å². The number of carbonyl (C=O) groups excluding carboxylic acids is 1. The van der Waals surface area contributed by atoms with Crippen LogP contribution in [0.2, 0.25) is 0 Å². The van der Waals surface area contributed by atoms with Crippen molar-refractivity contribution in [2.24, 2.45) is 0 Å². The summed E-state index contributed by atoms with van der Waals surface area (Å²) in [6.45, 7) is 1.72. The van der Waals surface area contributed by atoms with Crippen LogP contribution in [0, 0.1) is 11.3 Å². The van der Waals surface area contributed by atoms with Gasteiger partial charge in [-0.1, -0.05) is 0 Å². The van der Waals surface area contributed by atoms with Crippen LogP contribution in [-0.2, 0) is 0 Å². The predicted octanol–water partition coefficient (Wildman–Crippen LogP) is 2.32. The molecule has 110 valence electrons. The van der Waals surface area contributed by atoms with E-state index < -0.39 is 18.5 Å². The number of halogens is 3. The lowest BCUT2D eigenvalue weighted by atomic mass is 10.2. The van der Waals surface area contributed by atoms with Gasteiger partial charge in [-0.05, 0) is 6.92 Å². The third-order valence-corrected chi connectivity index (χ3v) is 3.46. The van der Waals surface area contributed by atoms with Gasteiger partial charge < -0.3 is 16.4 Å². The molecule has 1 aromatic rings. The highest BCUT2D eigenvalue weighted by atomic mass is 32.1. The van der Waals surface area contributed by atoms with Gasteiger partial charge in [0.1, 0.15) is 21.5 Å². The first kappa shape index (κ1) is 16.1. The van der Waals surface area contributed by atoms with E-state index in [0.29, 0.717) is 6.54 Å². The summed E-state index contributed by atoms with van der Waals surface area (Å²) in [5.41, 5.74) is 5.65. The molecular weight excluding hydrogens is 293 g/mol. The van der Waals surface area contributed by atoms with E-state index in [2.05, 4.69) is 10.6 Å². The van der Waals surface area contributed by atoms with Gasteiger partial charge in [-0.25, -0.2) is 0 Å². The Morgan fingerprint density at radius 3 is 2.65 bits per heavy atom. The Kier molecular flexibility index (Phi) is 5.21. The van der Waals surface area contributed by atoms with Crippen molar-refractivity contribution in [3.63, 3.8) is 0 Å². The number of rotatable bonds is 5. The van der Waals surface area contributed by atoms with Crippen LogP contribution in [0.15, 0.2) is 0 Å². The SMILES string of the molecule is CCNC(=O)c1sc(NCCC(F)(F)F)c(C#N)c1N. The molecule has 1 amide bonds. The Labute approximate surface area is 117 Å². The number of nitrogens with one attached hydrogen (secondary N) is 2. The molecule has 4 N–H and O–H groups in total.